The molecular weight excluding hydrogens is 422 g/mol. The lowest BCUT2D eigenvalue weighted by Crippen LogP contribution is -2.47. The molecular formula is C28H35N5O. The molecule has 1 saturated carbocycles. The Morgan fingerprint density at radius 2 is 1.79 bits per heavy atom. The molecule has 1 aliphatic carbocycles. The lowest BCUT2D eigenvalue weighted by molar-refractivity contribution is 0.248. The Hall–Kier alpha value is -3.12. The van der Waals surface area contributed by atoms with Crippen molar-refractivity contribution < 1.29 is 4.79 Å². The number of carbonyl (C=O) groups excluding carboxylic acids is 1. The van der Waals surface area contributed by atoms with Crippen LogP contribution in [-0.2, 0) is 6.42 Å². The minimum absolute atomic E-state index is 0.0843. The number of aromatic nitrogens is 1. The number of urea groups is 1. The van der Waals surface area contributed by atoms with E-state index in [2.05, 4.69) is 62.9 Å². The van der Waals surface area contributed by atoms with Crippen molar-refractivity contribution in [2.24, 2.45) is 0 Å². The Morgan fingerprint density at radius 3 is 2.62 bits per heavy atom. The third kappa shape index (κ3) is 5.50. The summed E-state index contributed by atoms with van der Waals surface area (Å²) in [6, 6.07) is 19.3. The fourth-order valence-electron chi connectivity index (χ4n) is 5.24. The number of nitrogens with zero attached hydrogens (tertiary/aromatic N) is 3. The number of carbonyl (C=O) groups is 1. The number of benzene rings is 2. The monoisotopic (exact) mass is 457 g/mol. The third-order valence-corrected chi connectivity index (χ3v) is 7.15. The largest absolute Gasteiger partial charge is 0.368 e. The van der Waals surface area contributed by atoms with Crippen molar-refractivity contribution in [3.63, 3.8) is 0 Å². The molecule has 1 saturated heterocycles. The summed E-state index contributed by atoms with van der Waals surface area (Å²) in [6.45, 7) is 7.23. The molecule has 2 heterocycles. The quantitative estimate of drug-likeness (QED) is 0.549. The molecule has 5 rings (SSSR count). The molecule has 0 unspecified atom stereocenters. The zero-order valence-corrected chi connectivity index (χ0v) is 20.1. The number of aryl methyl sites for hydroxylation is 1. The maximum absolute atomic E-state index is 12.3. The van der Waals surface area contributed by atoms with Gasteiger partial charge in [0.1, 0.15) is 0 Å². The van der Waals surface area contributed by atoms with Gasteiger partial charge >= 0.3 is 6.03 Å². The second-order valence-corrected chi connectivity index (χ2v) is 9.66. The van der Waals surface area contributed by atoms with E-state index in [1.54, 1.807) is 0 Å². The lowest BCUT2D eigenvalue weighted by Gasteiger charge is -2.36. The topological polar surface area (TPSA) is 60.5 Å². The number of fused-ring (bicyclic) bond motifs is 1. The Labute approximate surface area is 202 Å². The fraction of sp³-hybridized carbons (Fsp3) is 0.429. The molecule has 2 N–H and O–H groups in total. The van der Waals surface area contributed by atoms with Gasteiger partial charge in [-0.15, -0.1) is 0 Å². The van der Waals surface area contributed by atoms with E-state index >= 15 is 0 Å². The average Bonchev–Trinajstić information content (AvgIpc) is 3.35. The standard InChI is InChI=1S/C28H35N5O/c1-21-12-13-25-26(29-21)10-5-11-27(25)33-18-16-32(17-19-33)15-14-22-6-4-9-24(20-22)31-28(34)30-23-7-2-3-8-23/h4-6,9-13,20,23H,2-3,7-8,14-19H2,1H3,(H2,30,31,34). The summed E-state index contributed by atoms with van der Waals surface area (Å²) in [7, 11) is 0. The van der Waals surface area contributed by atoms with E-state index in [1.807, 2.05) is 19.1 Å². The van der Waals surface area contributed by atoms with Crippen LogP contribution in [0.25, 0.3) is 10.9 Å². The Bertz CT molecular complexity index is 1130. The van der Waals surface area contributed by atoms with Crippen molar-refractivity contribution in [2.45, 2.75) is 45.1 Å². The van der Waals surface area contributed by atoms with Crippen molar-refractivity contribution >= 4 is 28.3 Å². The van der Waals surface area contributed by atoms with Crippen LogP contribution in [0, 0.1) is 6.92 Å². The highest BCUT2D eigenvalue weighted by Crippen LogP contribution is 2.27. The SMILES string of the molecule is Cc1ccc2c(N3CCN(CCc4cccc(NC(=O)NC5CCCC5)c4)CC3)cccc2n1. The lowest BCUT2D eigenvalue weighted by atomic mass is 10.1. The minimum Gasteiger partial charge on any atom is -0.368 e. The molecule has 2 fully saturated rings. The molecule has 0 atom stereocenters. The van der Waals surface area contributed by atoms with Crippen molar-refractivity contribution in [3.8, 4) is 0 Å². The predicted octanol–water partition coefficient (Wildman–Crippen LogP) is 4.97. The summed E-state index contributed by atoms with van der Waals surface area (Å²) in [4.78, 5) is 22.0. The number of pyridine rings is 1. The first-order valence-electron chi connectivity index (χ1n) is 12.6. The Kier molecular flexibility index (Phi) is 6.95. The fourth-order valence-corrected chi connectivity index (χ4v) is 5.24. The maximum Gasteiger partial charge on any atom is 0.319 e. The second-order valence-electron chi connectivity index (χ2n) is 9.66. The first-order chi connectivity index (χ1) is 16.6. The molecule has 0 spiro atoms. The van der Waals surface area contributed by atoms with Crippen LogP contribution in [0.15, 0.2) is 54.6 Å². The summed E-state index contributed by atoms with van der Waals surface area (Å²) >= 11 is 0. The second kappa shape index (κ2) is 10.4. The van der Waals surface area contributed by atoms with Crippen molar-refractivity contribution in [3.05, 3.63) is 65.9 Å². The van der Waals surface area contributed by atoms with Gasteiger partial charge in [-0.2, -0.15) is 0 Å². The van der Waals surface area contributed by atoms with Gasteiger partial charge in [-0.1, -0.05) is 31.0 Å². The molecule has 178 valence electrons. The highest BCUT2D eigenvalue weighted by Gasteiger charge is 2.19. The summed E-state index contributed by atoms with van der Waals surface area (Å²) in [5.74, 6) is 0. The maximum atomic E-state index is 12.3. The number of anilines is 2. The van der Waals surface area contributed by atoms with Crippen LogP contribution in [-0.4, -0.2) is 54.7 Å². The highest BCUT2D eigenvalue weighted by atomic mass is 16.2. The Morgan fingerprint density at radius 1 is 1.00 bits per heavy atom. The molecule has 6 heteroatoms. The van der Waals surface area contributed by atoms with Crippen LogP contribution in [0.1, 0.15) is 36.9 Å². The minimum atomic E-state index is -0.0843. The van der Waals surface area contributed by atoms with Crippen LogP contribution >= 0.6 is 0 Å². The number of hydrogen-bond acceptors (Lipinski definition) is 4. The van der Waals surface area contributed by atoms with Gasteiger partial charge in [0, 0.05) is 61.2 Å². The molecule has 2 aliphatic rings. The van der Waals surface area contributed by atoms with Crippen LogP contribution in [0.4, 0.5) is 16.2 Å². The van der Waals surface area contributed by atoms with Gasteiger partial charge in [-0.3, -0.25) is 9.88 Å². The smallest absolute Gasteiger partial charge is 0.319 e. The Balaban J connectivity index is 1.12. The number of nitrogens with one attached hydrogen (secondary N) is 2. The van der Waals surface area contributed by atoms with Gasteiger partial charge in [0.25, 0.3) is 0 Å². The van der Waals surface area contributed by atoms with E-state index in [1.165, 1.54) is 29.5 Å². The summed E-state index contributed by atoms with van der Waals surface area (Å²) < 4.78 is 0. The number of piperazine rings is 1. The molecule has 2 amide bonds. The van der Waals surface area contributed by atoms with Gasteiger partial charge < -0.3 is 15.5 Å². The van der Waals surface area contributed by atoms with Gasteiger partial charge in [0.15, 0.2) is 0 Å². The molecule has 1 aliphatic heterocycles. The molecule has 0 bridgehead atoms. The molecule has 34 heavy (non-hydrogen) atoms. The van der Waals surface area contributed by atoms with E-state index in [-0.39, 0.29) is 6.03 Å². The number of amides is 2. The van der Waals surface area contributed by atoms with Gasteiger partial charge in [-0.25, -0.2) is 4.79 Å². The van der Waals surface area contributed by atoms with Crippen molar-refractivity contribution in [2.75, 3.05) is 42.9 Å². The summed E-state index contributed by atoms with van der Waals surface area (Å²) in [5, 5.41) is 7.35. The van der Waals surface area contributed by atoms with Crippen molar-refractivity contribution in [1.29, 1.82) is 0 Å². The number of rotatable bonds is 6. The van der Waals surface area contributed by atoms with Crippen LogP contribution < -0.4 is 15.5 Å². The van der Waals surface area contributed by atoms with E-state index in [9.17, 15) is 4.79 Å². The summed E-state index contributed by atoms with van der Waals surface area (Å²) in [6.07, 6.45) is 5.61. The molecule has 0 radical (unpaired) electrons. The molecule has 1 aromatic heterocycles. The first kappa shape index (κ1) is 22.7. The third-order valence-electron chi connectivity index (χ3n) is 7.15. The van der Waals surface area contributed by atoms with Gasteiger partial charge in [0.2, 0.25) is 0 Å². The van der Waals surface area contributed by atoms with Crippen molar-refractivity contribution in [1.82, 2.24) is 15.2 Å². The first-order valence-corrected chi connectivity index (χ1v) is 12.6. The van der Waals surface area contributed by atoms with Crippen LogP contribution in [0.2, 0.25) is 0 Å². The van der Waals surface area contributed by atoms with Gasteiger partial charge in [-0.05, 0) is 68.1 Å². The molecule has 3 aromatic rings. The predicted molar refractivity (Wildman–Crippen MR) is 140 cm³/mol. The zero-order valence-electron chi connectivity index (χ0n) is 20.1. The van der Waals surface area contributed by atoms with Crippen LogP contribution in [0.5, 0.6) is 0 Å². The van der Waals surface area contributed by atoms with E-state index < -0.39 is 0 Å². The van der Waals surface area contributed by atoms with E-state index in [0.29, 0.717) is 6.04 Å². The molecule has 6 nitrogen and oxygen atoms in total. The van der Waals surface area contributed by atoms with Gasteiger partial charge in [0.05, 0.1) is 5.52 Å². The van der Waals surface area contributed by atoms with Crippen LogP contribution in [0.3, 0.4) is 0 Å². The average molecular weight is 458 g/mol. The molecule has 2 aromatic carbocycles. The number of hydrogen-bond donors (Lipinski definition) is 2. The zero-order chi connectivity index (χ0) is 23.3. The highest BCUT2D eigenvalue weighted by molar-refractivity contribution is 5.92. The van der Waals surface area contributed by atoms with E-state index in [0.717, 1.165) is 68.9 Å². The normalized spacial score (nSPS) is 17.3. The van der Waals surface area contributed by atoms with E-state index in [4.69, 9.17) is 4.98 Å². The summed E-state index contributed by atoms with van der Waals surface area (Å²) in [5.41, 5.74) is 5.56.